The van der Waals surface area contributed by atoms with Gasteiger partial charge < -0.3 is 34.6 Å². The Kier molecular flexibility index (Phi) is 7.31. The van der Waals surface area contributed by atoms with Crippen LogP contribution in [0, 0.1) is 22.7 Å². The molecule has 2 saturated carbocycles. The smallest absolute Gasteiger partial charge is 0.312 e. The van der Waals surface area contributed by atoms with Crippen molar-refractivity contribution in [2.45, 2.75) is 96.1 Å². The first-order valence-corrected chi connectivity index (χ1v) is 12.5. The predicted molar refractivity (Wildman–Crippen MR) is 123 cm³/mol. The third-order valence-corrected chi connectivity index (χ3v) is 9.03. The molecular formula is C26H40O8. The van der Waals surface area contributed by atoms with Crippen molar-refractivity contribution in [1.29, 1.82) is 0 Å². The highest BCUT2D eigenvalue weighted by atomic mass is 16.7. The zero-order valence-electron chi connectivity index (χ0n) is 20.5. The fourth-order valence-electron chi connectivity index (χ4n) is 7.20. The summed E-state index contributed by atoms with van der Waals surface area (Å²) in [6.07, 6.45) is 1.04. The first-order chi connectivity index (χ1) is 16.0. The van der Waals surface area contributed by atoms with E-state index in [-0.39, 0.29) is 35.4 Å². The molecule has 0 amide bonds. The number of esters is 1. The summed E-state index contributed by atoms with van der Waals surface area (Å²) in [6, 6.07) is 0. The van der Waals surface area contributed by atoms with Gasteiger partial charge in [0, 0.05) is 12.3 Å². The summed E-state index contributed by atoms with van der Waals surface area (Å²) in [4.78, 5) is 12.7. The van der Waals surface area contributed by atoms with E-state index >= 15 is 0 Å². The van der Waals surface area contributed by atoms with Crippen molar-refractivity contribution >= 4 is 5.97 Å². The van der Waals surface area contributed by atoms with E-state index in [2.05, 4.69) is 20.4 Å². The lowest BCUT2D eigenvalue weighted by molar-refractivity contribution is -0.298. The summed E-state index contributed by atoms with van der Waals surface area (Å²) in [7, 11) is 0. The summed E-state index contributed by atoms with van der Waals surface area (Å²) >= 11 is 0. The number of aliphatic hydroxyl groups is 4. The van der Waals surface area contributed by atoms with Crippen LogP contribution in [0.15, 0.2) is 23.8 Å². The van der Waals surface area contributed by atoms with E-state index in [1.54, 1.807) is 0 Å². The summed E-state index contributed by atoms with van der Waals surface area (Å²) in [5.74, 6) is 0.511. The molecule has 192 valence electrons. The van der Waals surface area contributed by atoms with Crippen LogP contribution in [-0.4, -0.2) is 76.4 Å². The van der Waals surface area contributed by atoms with Gasteiger partial charge in [-0.25, -0.2) is 0 Å². The third kappa shape index (κ3) is 4.27. The van der Waals surface area contributed by atoms with Crippen LogP contribution in [0.25, 0.3) is 0 Å². The average molecular weight is 481 g/mol. The van der Waals surface area contributed by atoms with Gasteiger partial charge in [-0.15, -0.1) is 0 Å². The van der Waals surface area contributed by atoms with Gasteiger partial charge in [0.1, 0.15) is 30.5 Å². The van der Waals surface area contributed by atoms with Gasteiger partial charge in [0.25, 0.3) is 0 Å². The topological polar surface area (TPSA) is 126 Å². The number of allylic oxidation sites excluding steroid dienone is 1. The Hall–Kier alpha value is -1.29. The van der Waals surface area contributed by atoms with Crippen molar-refractivity contribution in [1.82, 2.24) is 0 Å². The van der Waals surface area contributed by atoms with Gasteiger partial charge in [0.05, 0.1) is 18.6 Å². The standard InChI is InChI=1S/C26H40O8/c1-14(8-11-32-23-21(30)20(29)19(28)18(13-27)33-23)6-7-16-15(2)12-17-22-25(16,3)9-5-10-26(22,4)24(31)34-17/h8,16-23,27-30H,2,5-7,9-13H2,1,3-4H3. The zero-order valence-corrected chi connectivity index (χ0v) is 20.5. The largest absolute Gasteiger partial charge is 0.461 e. The molecule has 2 aliphatic carbocycles. The van der Waals surface area contributed by atoms with Crippen LogP contribution in [0.1, 0.15) is 59.3 Å². The average Bonchev–Trinajstić information content (AvgIpc) is 3.04. The Balaban J connectivity index is 1.36. The van der Waals surface area contributed by atoms with E-state index in [1.165, 1.54) is 5.57 Å². The molecule has 2 heterocycles. The molecule has 0 aromatic heterocycles. The van der Waals surface area contributed by atoms with Crippen LogP contribution in [0.2, 0.25) is 0 Å². The number of carbonyl (C=O) groups is 1. The molecule has 0 spiro atoms. The summed E-state index contributed by atoms with van der Waals surface area (Å²) < 4.78 is 16.8. The van der Waals surface area contributed by atoms with Crippen molar-refractivity contribution in [3.63, 3.8) is 0 Å². The monoisotopic (exact) mass is 480 g/mol. The molecule has 10 unspecified atom stereocenters. The molecule has 10 atom stereocenters. The van der Waals surface area contributed by atoms with E-state index in [1.807, 2.05) is 13.0 Å². The van der Waals surface area contributed by atoms with Crippen molar-refractivity contribution in [2.75, 3.05) is 13.2 Å². The quantitative estimate of drug-likeness (QED) is 0.321. The maximum absolute atomic E-state index is 12.7. The van der Waals surface area contributed by atoms with Crippen LogP contribution in [0.5, 0.6) is 0 Å². The van der Waals surface area contributed by atoms with Crippen molar-refractivity contribution in [3.05, 3.63) is 23.8 Å². The minimum absolute atomic E-state index is 0.00767. The minimum Gasteiger partial charge on any atom is -0.461 e. The van der Waals surface area contributed by atoms with Crippen LogP contribution < -0.4 is 0 Å². The molecule has 8 heteroatoms. The number of hydrogen-bond acceptors (Lipinski definition) is 8. The van der Waals surface area contributed by atoms with Crippen molar-refractivity contribution in [2.24, 2.45) is 22.7 Å². The van der Waals surface area contributed by atoms with E-state index in [0.717, 1.165) is 44.1 Å². The predicted octanol–water partition coefficient (Wildman–Crippen LogP) is 1.84. The molecule has 34 heavy (non-hydrogen) atoms. The molecule has 0 aromatic carbocycles. The highest BCUT2D eigenvalue weighted by molar-refractivity contribution is 5.80. The molecule has 4 fully saturated rings. The molecule has 0 radical (unpaired) electrons. The summed E-state index contributed by atoms with van der Waals surface area (Å²) in [6.45, 7) is 10.5. The van der Waals surface area contributed by atoms with Crippen LogP contribution in [-0.2, 0) is 19.0 Å². The number of aliphatic hydroxyl groups excluding tert-OH is 4. The maximum atomic E-state index is 12.7. The van der Waals surface area contributed by atoms with Crippen molar-refractivity contribution in [3.8, 4) is 0 Å². The molecular weight excluding hydrogens is 440 g/mol. The molecule has 2 aliphatic heterocycles. The van der Waals surface area contributed by atoms with Crippen LogP contribution in [0.4, 0.5) is 0 Å². The van der Waals surface area contributed by atoms with Gasteiger partial charge in [-0.05, 0) is 50.9 Å². The van der Waals surface area contributed by atoms with Crippen LogP contribution >= 0.6 is 0 Å². The lowest BCUT2D eigenvalue weighted by Gasteiger charge is -2.55. The van der Waals surface area contributed by atoms with Gasteiger partial charge in [-0.3, -0.25) is 4.79 Å². The van der Waals surface area contributed by atoms with E-state index in [9.17, 15) is 25.2 Å². The fourth-order valence-corrected chi connectivity index (χ4v) is 7.20. The Morgan fingerprint density at radius 3 is 2.65 bits per heavy atom. The molecule has 0 bridgehead atoms. The highest BCUT2D eigenvalue weighted by Crippen LogP contribution is 2.65. The summed E-state index contributed by atoms with van der Waals surface area (Å²) in [5, 5.41) is 39.2. The molecule has 4 aliphatic rings. The van der Waals surface area contributed by atoms with E-state index in [0.29, 0.717) is 5.92 Å². The fraction of sp³-hybridized carbons (Fsp3) is 0.808. The Bertz CT molecular complexity index is 824. The number of hydrogen-bond donors (Lipinski definition) is 4. The number of rotatable bonds is 7. The lowest BCUT2D eigenvalue weighted by atomic mass is 9.47. The van der Waals surface area contributed by atoms with Crippen molar-refractivity contribution < 1.29 is 39.4 Å². The minimum atomic E-state index is -1.45. The number of carbonyl (C=O) groups excluding carboxylic acids is 1. The van der Waals surface area contributed by atoms with Gasteiger partial charge in [-0.2, -0.15) is 0 Å². The zero-order chi connectivity index (χ0) is 24.8. The molecule has 0 aromatic rings. The summed E-state index contributed by atoms with van der Waals surface area (Å²) in [5.41, 5.74) is 1.90. The first kappa shape index (κ1) is 25.8. The normalized spacial score (nSPS) is 46.9. The van der Waals surface area contributed by atoms with Gasteiger partial charge >= 0.3 is 5.97 Å². The number of ether oxygens (including phenoxy) is 3. The second-order valence-corrected chi connectivity index (χ2v) is 11.2. The molecule has 4 N–H and O–H groups in total. The maximum Gasteiger partial charge on any atom is 0.312 e. The first-order valence-electron chi connectivity index (χ1n) is 12.5. The second-order valence-electron chi connectivity index (χ2n) is 11.2. The molecule has 4 rings (SSSR count). The van der Waals surface area contributed by atoms with Crippen LogP contribution in [0.3, 0.4) is 0 Å². The molecule has 2 saturated heterocycles. The second kappa shape index (κ2) is 9.64. The molecule has 8 nitrogen and oxygen atoms in total. The van der Waals surface area contributed by atoms with Gasteiger partial charge in [0.2, 0.25) is 0 Å². The Morgan fingerprint density at radius 2 is 1.94 bits per heavy atom. The van der Waals surface area contributed by atoms with E-state index in [4.69, 9.17) is 14.2 Å². The van der Waals surface area contributed by atoms with Gasteiger partial charge in [-0.1, -0.05) is 37.1 Å². The third-order valence-electron chi connectivity index (χ3n) is 9.03. The Labute approximate surface area is 201 Å². The van der Waals surface area contributed by atoms with E-state index < -0.39 is 37.3 Å². The Morgan fingerprint density at radius 1 is 1.21 bits per heavy atom. The highest BCUT2D eigenvalue weighted by Gasteiger charge is 2.66. The SMILES string of the molecule is C=C1CC2OC(=O)C3(C)CCCC(C)(C1CCC(C)=CCOC1OC(CO)C(O)C(O)C1O)C23. The van der Waals surface area contributed by atoms with Gasteiger partial charge in [0.15, 0.2) is 6.29 Å². The lowest BCUT2D eigenvalue weighted by Crippen LogP contribution is -2.59.